The van der Waals surface area contributed by atoms with Crippen LogP contribution in [0.4, 0.5) is 0 Å². The Morgan fingerprint density at radius 2 is 2.15 bits per heavy atom. The van der Waals surface area contributed by atoms with E-state index in [1.54, 1.807) is 0 Å². The lowest BCUT2D eigenvalue weighted by atomic mass is 9.86. The summed E-state index contributed by atoms with van der Waals surface area (Å²) >= 11 is 0. The number of aromatic amines is 2. The number of H-pyrrole nitrogens is 2. The third-order valence-corrected chi connectivity index (χ3v) is 5.63. The zero-order valence-corrected chi connectivity index (χ0v) is 15.7. The molecule has 1 atom stereocenters. The first-order valence-electron chi connectivity index (χ1n) is 9.44. The Kier molecular flexibility index (Phi) is 4.31. The van der Waals surface area contributed by atoms with Gasteiger partial charge < -0.3 is 10.3 Å². The van der Waals surface area contributed by atoms with E-state index in [9.17, 15) is 4.79 Å². The summed E-state index contributed by atoms with van der Waals surface area (Å²) in [7, 11) is 0. The summed E-state index contributed by atoms with van der Waals surface area (Å²) in [6.45, 7) is 6.79. The maximum absolute atomic E-state index is 12.8. The average molecular weight is 350 g/mol. The first-order valence-corrected chi connectivity index (χ1v) is 9.44. The van der Waals surface area contributed by atoms with Crippen molar-refractivity contribution in [1.82, 2.24) is 20.5 Å². The van der Waals surface area contributed by atoms with Crippen molar-refractivity contribution in [2.24, 2.45) is 0 Å². The predicted octanol–water partition coefficient (Wildman–Crippen LogP) is 3.60. The van der Waals surface area contributed by atoms with Crippen LogP contribution in [0, 0.1) is 20.8 Å². The molecule has 5 nitrogen and oxygen atoms in total. The number of amides is 1. The van der Waals surface area contributed by atoms with Crippen molar-refractivity contribution in [2.45, 2.75) is 52.4 Å². The van der Waals surface area contributed by atoms with Gasteiger partial charge in [0, 0.05) is 28.8 Å². The molecule has 5 heteroatoms. The highest BCUT2D eigenvalue weighted by molar-refractivity contribution is 5.90. The topological polar surface area (TPSA) is 73.6 Å². The quantitative estimate of drug-likeness (QED) is 0.673. The largest absolute Gasteiger partial charge is 0.357 e. The van der Waals surface area contributed by atoms with E-state index < -0.39 is 0 Å². The van der Waals surface area contributed by atoms with Crippen LogP contribution in [-0.2, 0) is 17.6 Å². The standard InChI is InChI=1S/C21H26N4O/c1-12-7-8-19-18(11-12)16-5-4-6-17(20(16)23-19)21(26)22-10-9-15-13(2)24-25-14(15)3/h7-8,11,17,23H,4-6,9-10H2,1-3H3,(H,22,26)(H,24,25)/t17-/m1/s1. The summed E-state index contributed by atoms with van der Waals surface area (Å²) in [5, 5.41) is 11.6. The molecule has 0 saturated carbocycles. The lowest BCUT2D eigenvalue weighted by molar-refractivity contribution is -0.122. The molecule has 1 aliphatic carbocycles. The van der Waals surface area contributed by atoms with E-state index in [-0.39, 0.29) is 11.8 Å². The third-order valence-electron chi connectivity index (χ3n) is 5.63. The van der Waals surface area contributed by atoms with Gasteiger partial charge in [0.25, 0.3) is 0 Å². The van der Waals surface area contributed by atoms with Gasteiger partial charge in [0.2, 0.25) is 5.91 Å². The zero-order chi connectivity index (χ0) is 18.3. The molecular weight excluding hydrogens is 324 g/mol. The van der Waals surface area contributed by atoms with Crippen LogP contribution in [0.5, 0.6) is 0 Å². The molecule has 0 fully saturated rings. The van der Waals surface area contributed by atoms with Crippen LogP contribution in [0.3, 0.4) is 0 Å². The van der Waals surface area contributed by atoms with Crippen molar-refractivity contribution < 1.29 is 4.79 Å². The molecule has 0 aliphatic heterocycles. The Morgan fingerprint density at radius 1 is 1.31 bits per heavy atom. The molecule has 0 radical (unpaired) electrons. The number of fused-ring (bicyclic) bond motifs is 3. The fourth-order valence-corrected chi connectivity index (χ4v) is 4.21. The highest BCUT2D eigenvalue weighted by Crippen LogP contribution is 2.36. The van der Waals surface area contributed by atoms with Gasteiger partial charge in [-0.05, 0) is 69.7 Å². The van der Waals surface area contributed by atoms with E-state index in [1.807, 2.05) is 13.8 Å². The minimum absolute atomic E-state index is 0.0713. The summed E-state index contributed by atoms with van der Waals surface area (Å²) in [5.74, 6) is 0.0611. The van der Waals surface area contributed by atoms with Gasteiger partial charge in [-0.15, -0.1) is 0 Å². The molecule has 2 heterocycles. The van der Waals surface area contributed by atoms with Crippen molar-refractivity contribution in [1.29, 1.82) is 0 Å². The molecule has 26 heavy (non-hydrogen) atoms. The summed E-state index contributed by atoms with van der Waals surface area (Å²) in [4.78, 5) is 16.4. The van der Waals surface area contributed by atoms with Gasteiger partial charge in [-0.1, -0.05) is 11.6 Å². The Bertz CT molecular complexity index is 946. The number of rotatable bonds is 4. The number of carbonyl (C=O) groups excluding carboxylic acids is 1. The second-order valence-electron chi connectivity index (χ2n) is 7.46. The van der Waals surface area contributed by atoms with Gasteiger partial charge >= 0.3 is 0 Å². The molecule has 1 aliphatic rings. The van der Waals surface area contributed by atoms with E-state index in [0.717, 1.165) is 48.3 Å². The number of benzene rings is 1. The van der Waals surface area contributed by atoms with Gasteiger partial charge in [-0.2, -0.15) is 5.10 Å². The number of hydrogen-bond donors (Lipinski definition) is 3. The normalized spacial score (nSPS) is 16.7. The van der Waals surface area contributed by atoms with Gasteiger partial charge in [-0.3, -0.25) is 9.89 Å². The maximum Gasteiger partial charge on any atom is 0.229 e. The van der Waals surface area contributed by atoms with Crippen LogP contribution < -0.4 is 5.32 Å². The first-order chi connectivity index (χ1) is 12.5. The number of carbonyl (C=O) groups is 1. The Morgan fingerprint density at radius 3 is 2.92 bits per heavy atom. The molecule has 1 aromatic carbocycles. The van der Waals surface area contributed by atoms with Crippen molar-refractivity contribution in [2.75, 3.05) is 6.54 Å². The van der Waals surface area contributed by atoms with E-state index in [0.29, 0.717) is 6.54 Å². The van der Waals surface area contributed by atoms with Crippen LogP contribution in [0.1, 0.15) is 52.5 Å². The minimum Gasteiger partial charge on any atom is -0.357 e. The molecule has 0 unspecified atom stereocenters. The first kappa shape index (κ1) is 16.9. The summed E-state index contributed by atoms with van der Waals surface area (Å²) in [6.07, 6.45) is 3.84. The van der Waals surface area contributed by atoms with Gasteiger partial charge in [0.15, 0.2) is 0 Å². The minimum atomic E-state index is -0.0713. The molecular formula is C21H26N4O. The lowest BCUT2D eigenvalue weighted by Gasteiger charge is -2.22. The molecule has 3 N–H and O–H groups in total. The smallest absolute Gasteiger partial charge is 0.229 e. The van der Waals surface area contributed by atoms with E-state index in [1.165, 1.54) is 22.1 Å². The number of aryl methyl sites for hydroxylation is 4. The van der Waals surface area contributed by atoms with Crippen molar-refractivity contribution >= 4 is 16.8 Å². The predicted molar refractivity (Wildman–Crippen MR) is 103 cm³/mol. The van der Waals surface area contributed by atoms with Gasteiger partial charge in [0.05, 0.1) is 11.6 Å². The highest BCUT2D eigenvalue weighted by Gasteiger charge is 2.29. The Labute approximate surface area is 153 Å². The highest BCUT2D eigenvalue weighted by atomic mass is 16.1. The fourth-order valence-electron chi connectivity index (χ4n) is 4.21. The summed E-state index contributed by atoms with van der Waals surface area (Å²) < 4.78 is 0. The van der Waals surface area contributed by atoms with Gasteiger partial charge in [0.1, 0.15) is 0 Å². The third kappa shape index (κ3) is 2.91. The van der Waals surface area contributed by atoms with Crippen LogP contribution >= 0.6 is 0 Å². The van der Waals surface area contributed by atoms with Crippen LogP contribution in [0.25, 0.3) is 10.9 Å². The summed E-state index contributed by atoms with van der Waals surface area (Å²) in [5.41, 5.74) is 8.16. The number of nitrogens with zero attached hydrogens (tertiary/aromatic N) is 1. The fraction of sp³-hybridized carbons (Fsp3) is 0.429. The zero-order valence-electron chi connectivity index (χ0n) is 15.7. The number of hydrogen-bond acceptors (Lipinski definition) is 2. The molecule has 0 spiro atoms. The van der Waals surface area contributed by atoms with Crippen LogP contribution in [0.2, 0.25) is 0 Å². The monoisotopic (exact) mass is 350 g/mol. The van der Waals surface area contributed by atoms with Gasteiger partial charge in [-0.25, -0.2) is 0 Å². The van der Waals surface area contributed by atoms with Crippen LogP contribution in [-0.4, -0.2) is 27.6 Å². The molecule has 0 bridgehead atoms. The SMILES string of the molecule is Cc1ccc2[nH]c3c(c2c1)CCC[C@H]3C(=O)NCCc1c(C)n[nH]c1C. The molecule has 136 valence electrons. The lowest BCUT2D eigenvalue weighted by Crippen LogP contribution is -2.33. The Balaban J connectivity index is 1.50. The Hall–Kier alpha value is -2.56. The van der Waals surface area contributed by atoms with Crippen molar-refractivity contribution in [3.05, 3.63) is 52.0 Å². The number of nitrogens with one attached hydrogen (secondary N) is 3. The second-order valence-corrected chi connectivity index (χ2v) is 7.46. The van der Waals surface area contributed by atoms with E-state index in [4.69, 9.17) is 0 Å². The van der Waals surface area contributed by atoms with Crippen LogP contribution in [0.15, 0.2) is 18.2 Å². The molecule has 0 saturated heterocycles. The number of aromatic nitrogens is 3. The molecule has 3 aromatic rings. The molecule has 4 rings (SSSR count). The second kappa shape index (κ2) is 6.63. The van der Waals surface area contributed by atoms with E-state index >= 15 is 0 Å². The average Bonchev–Trinajstić information content (AvgIpc) is 3.15. The van der Waals surface area contributed by atoms with E-state index in [2.05, 4.69) is 45.6 Å². The maximum atomic E-state index is 12.8. The van der Waals surface area contributed by atoms with Crippen molar-refractivity contribution in [3.8, 4) is 0 Å². The molecule has 1 amide bonds. The van der Waals surface area contributed by atoms with Crippen molar-refractivity contribution in [3.63, 3.8) is 0 Å². The molecule has 2 aromatic heterocycles. The summed E-state index contributed by atoms with van der Waals surface area (Å²) in [6, 6.07) is 6.48.